The molecule has 0 rings (SSSR count). The lowest BCUT2D eigenvalue weighted by Gasteiger charge is -2.16. The molecular weight excluding hydrogens is 150 g/mol. The van der Waals surface area contributed by atoms with Gasteiger partial charge in [0.2, 0.25) is 0 Å². The van der Waals surface area contributed by atoms with Crippen LogP contribution in [0.25, 0.3) is 0 Å². The number of nitrogens with one attached hydrogen (secondary N) is 2. The summed E-state index contributed by atoms with van der Waals surface area (Å²) in [7, 11) is 0. The molecule has 0 aromatic rings. The van der Waals surface area contributed by atoms with Crippen molar-refractivity contribution in [3.05, 3.63) is 0 Å². The van der Waals surface area contributed by atoms with E-state index in [0.29, 0.717) is 5.92 Å². The van der Waals surface area contributed by atoms with Crippen LogP contribution in [0, 0.1) is 5.92 Å². The smallest absolute Gasteiger partial charge is 0.0188 e. The molecule has 1 unspecified atom stereocenters. The van der Waals surface area contributed by atoms with Gasteiger partial charge < -0.3 is 16.4 Å². The Bertz CT molecular complexity index is 93.8. The first-order valence-electron chi connectivity index (χ1n) is 4.85. The lowest BCUT2D eigenvalue weighted by molar-refractivity contribution is 0.456. The van der Waals surface area contributed by atoms with E-state index in [0.717, 1.165) is 26.2 Å². The molecule has 0 aliphatic carbocycles. The summed E-state index contributed by atoms with van der Waals surface area (Å²) in [5, 5.41) is 6.56. The van der Waals surface area contributed by atoms with Gasteiger partial charge in [0.15, 0.2) is 0 Å². The summed E-state index contributed by atoms with van der Waals surface area (Å²) in [6.45, 7) is 10.4. The van der Waals surface area contributed by atoms with E-state index in [2.05, 4.69) is 31.4 Å². The molecule has 0 spiro atoms. The molecule has 0 aliphatic heterocycles. The predicted octanol–water partition coefficient (Wildman–Crippen LogP) is 0.169. The van der Waals surface area contributed by atoms with Crippen molar-refractivity contribution in [2.24, 2.45) is 11.7 Å². The van der Waals surface area contributed by atoms with Crippen LogP contribution in [0.15, 0.2) is 0 Å². The molecule has 0 radical (unpaired) electrons. The number of hydrogen-bond acceptors (Lipinski definition) is 3. The van der Waals surface area contributed by atoms with Crippen molar-refractivity contribution in [1.82, 2.24) is 10.6 Å². The van der Waals surface area contributed by atoms with Gasteiger partial charge in [-0.3, -0.25) is 0 Å². The summed E-state index contributed by atoms with van der Waals surface area (Å²) in [5.41, 5.74) is 5.85. The Balaban J connectivity index is 3.08. The van der Waals surface area contributed by atoms with Crippen LogP contribution < -0.4 is 16.4 Å². The van der Waals surface area contributed by atoms with Gasteiger partial charge in [-0.2, -0.15) is 0 Å². The Morgan fingerprint density at radius 3 is 2.25 bits per heavy atom. The maximum atomic E-state index is 5.85. The molecule has 0 saturated carbocycles. The van der Waals surface area contributed by atoms with Crippen molar-refractivity contribution in [1.29, 1.82) is 0 Å². The Morgan fingerprint density at radius 1 is 1.17 bits per heavy atom. The molecule has 74 valence electrons. The molecule has 3 heteroatoms. The van der Waals surface area contributed by atoms with E-state index in [-0.39, 0.29) is 6.04 Å². The van der Waals surface area contributed by atoms with Gasteiger partial charge in [0.1, 0.15) is 0 Å². The van der Waals surface area contributed by atoms with Crippen molar-refractivity contribution < 1.29 is 0 Å². The van der Waals surface area contributed by atoms with Gasteiger partial charge in [0, 0.05) is 25.7 Å². The van der Waals surface area contributed by atoms with Crippen molar-refractivity contribution >= 4 is 0 Å². The SMILES string of the molecule is CCNCCNCC(N)C(C)C. The lowest BCUT2D eigenvalue weighted by Crippen LogP contribution is -2.40. The molecule has 1 atom stereocenters. The van der Waals surface area contributed by atoms with Crippen LogP contribution in [0.3, 0.4) is 0 Å². The van der Waals surface area contributed by atoms with E-state index in [1.807, 2.05) is 0 Å². The second-order valence-corrected chi connectivity index (χ2v) is 3.47. The molecule has 0 aliphatic rings. The minimum atomic E-state index is 0.284. The number of hydrogen-bond donors (Lipinski definition) is 3. The van der Waals surface area contributed by atoms with Crippen molar-refractivity contribution in [2.75, 3.05) is 26.2 Å². The van der Waals surface area contributed by atoms with E-state index in [1.54, 1.807) is 0 Å². The van der Waals surface area contributed by atoms with Crippen LogP contribution in [0.4, 0.5) is 0 Å². The first-order chi connectivity index (χ1) is 5.68. The van der Waals surface area contributed by atoms with Crippen LogP contribution in [0.1, 0.15) is 20.8 Å². The number of likely N-dealkylation sites (N-methyl/N-ethyl adjacent to an activating group) is 1. The van der Waals surface area contributed by atoms with Gasteiger partial charge in [0.05, 0.1) is 0 Å². The van der Waals surface area contributed by atoms with Crippen LogP contribution in [-0.2, 0) is 0 Å². The average molecular weight is 173 g/mol. The third kappa shape index (κ3) is 6.58. The fourth-order valence-electron chi connectivity index (χ4n) is 0.858. The summed E-state index contributed by atoms with van der Waals surface area (Å²) in [6, 6.07) is 0.284. The highest BCUT2D eigenvalue weighted by Crippen LogP contribution is 1.95. The molecule has 12 heavy (non-hydrogen) atoms. The molecular formula is C9H23N3. The van der Waals surface area contributed by atoms with Crippen LogP contribution >= 0.6 is 0 Å². The maximum Gasteiger partial charge on any atom is 0.0188 e. The summed E-state index contributed by atoms with van der Waals surface area (Å²) >= 11 is 0. The first kappa shape index (κ1) is 11.9. The Kier molecular flexibility index (Phi) is 7.45. The summed E-state index contributed by atoms with van der Waals surface area (Å²) < 4.78 is 0. The fourth-order valence-corrected chi connectivity index (χ4v) is 0.858. The van der Waals surface area contributed by atoms with Crippen LogP contribution in [0.2, 0.25) is 0 Å². The second-order valence-electron chi connectivity index (χ2n) is 3.47. The van der Waals surface area contributed by atoms with E-state index in [4.69, 9.17) is 5.73 Å². The maximum absolute atomic E-state index is 5.85. The normalized spacial score (nSPS) is 13.8. The van der Waals surface area contributed by atoms with Crippen LogP contribution in [-0.4, -0.2) is 32.2 Å². The number of rotatable bonds is 7. The van der Waals surface area contributed by atoms with Crippen LogP contribution in [0.5, 0.6) is 0 Å². The van der Waals surface area contributed by atoms with Gasteiger partial charge in [-0.25, -0.2) is 0 Å². The highest BCUT2D eigenvalue weighted by Gasteiger charge is 2.05. The minimum Gasteiger partial charge on any atom is -0.326 e. The predicted molar refractivity (Wildman–Crippen MR) is 54.2 cm³/mol. The average Bonchev–Trinajstić information content (AvgIpc) is 2.03. The van der Waals surface area contributed by atoms with Gasteiger partial charge in [-0.1, -0.05) is 20.8 Å². The molecule has 4 N–H and O–H groups in total. The number of nitrogens with two attached hydrogens (primary N) is 1. The van der Waals surface area contributed by atoms with Crippen molar-refractivity contribution in [3.8, 4) is 0 Å². The third-order valence-corrected chi connectivity index (χ3v) is 1.96. The monoisotopic (exact) mass is 173 g/mol. The summed E-state index contributed by atoms with van der Waals surface area (Å²) in [4.78, 5) is 0. The van der Waals surface area contributed by atoms with Gasteiger partial charge in [-0.05, 0) is 12.5 Å². The zero-order chi connectivity index (χ0) is 9.40. The lowest BCUT2D eigenvalue weighted by atomic mass is 10.1. The zero-order valence-electron chi connectivity index (χ0n) is 8.56. The van der Waals surface area contributed by atoms with Gasteiger partial charge in [-0.15, -0.1) is 0 Å². The van der Waals surface area contributed by atoms with E-state index in [9.17, 15) is 0 Å². The van der Waals surface area contributed by atoms with E-state index in [1.165, 1.54) is 0 Å². The highest BCUT2D eigenvalue weighted by atomic mass is 14.9. The standard InChI is InChI=1S/C9H23N3/c1-4-11-5-6-12-7-9(10)8(2)3/h8-9,11-12H,4-7,10H2,1-3H3. The Labute approximate surface area is 76.1 Å². The highest BCUT2D eigenvalue weighted by molar-refractivity contribution is 4.68. The molecule has 0 amide bonds. The van der Waals surface area contributed by atoms with Crippen molar-refractivity contribution in [3.63, 3.8) is 0 Å². The molecule has 0 heterocycles. The van der Waals surface area contributed by atoms with Gasteiger partial charge in [0.25, 0.3) is 0 Å². The summed E-state index contributed by atoms with van der Waals surface area (Å²) in [5.74, 6) is 0.566. The molecule has 0 bridgehead atoms. The molecule has 0 aromatic heterocycles. The van der Waals surface area contributed by atoms with Crippen molar-refractivity contribution in [2.45, 2.75) is 26.8 Å². The van der Waals surface area contributed by atoms with Gasteiger partial charge >= 0.3 is 0 Å². The first-order valence-corrected chi connectivity index (χ1v) is 4.85. The Hall–Kier alpha value is -0.120. The molecule has 0 fully saturated rings. The van der Waals surface area contributed by atoms with E-state index >= 15 is 0 Å². The zero-order valence-corrected chi connectivity index (χ0v) is 8.56. The fraction of sp³-hybridized carbons (Fsp3) is 1.00. The third-order valence-electron chi connectivity index (χ3n) is 1.96. The molecule has 3 nitrogen and oxygen atoms in total. The topological polar surface area (TPSA) is 50.1 Å². The summed E-state index contributed by atoms with van der Waals surface area (Å²) in [6.07, 6.45) is 0. The largest absolute Gasteiger partial charge is 0.326 e. The second kappa shape index (κ2) is 7.53. The Morgan fingerprint density at radius 2 is 1.75 bits per heavy atom. The van der Waals surface area contributed by atoms with E-state index < -0.39 is 0 Å². The molecule has 0 saturated heterocycles. The molecule has 0 aromatic carbocycles. The minimum absolute atomic E-state index is 0.284. The quantitative estimate of drug-likeness (QED) is 0.481.